The van der Waals surface area contributed by atoms with Crippen molar-refractivity contribution in [1.82, 2.24) is 4.90 Å². The summed E-state index contributed by atoms with van der Waals surface area (Å²) in [7, 11) is 0. The standard InChI is InChI=1S/C25H29NO4/c1-2-29-25(28)22-16-10-5-11-17-26(18-20-12-6-3-7-13-20)24(27)23(22)30-19-21-14-8-4-9-15-21/h3-4,6-10,12-16,22-23H,2,5,11,17-19H2,1H3/b16-10+/t22-,23-/m1/s1. The topological polar surface area (TPSA) is 55.8 Å². The van der Waals surface area contributed by atoms with E-state index >= 15 is 0 Å². The zero-order chi connectivity index (χ0) is 21.2. The van der Waals surface area contributed by atoms with Gasteiger partial charge in [-0.05, 0) is 30.9 Å². The Morgan fingerprint density at radius 3 is 2.37 bits per heavy atom. The highest BCUT2D eigenvalue weighted by atomic mass is 16.5. The van der Waals surface area contributed by atoms with Crippen LogP contribution in [0.3, 0.4) is 0 Å². The lowest BCUT2D eigenvalue weighted by atomic mass is 10.00. The number of carbonyl (C=O) groups excluding carboxylic acids is 2. The number of allylic oxidation sites excluding steroid dienone is 1. The van der Waals surface area contributed by atoms with Crippen molar-refractivity contribution in [3.8, 4) is 0 Å². The quantitative estimate of drug-likeness (QED) is 0.512. The molecule has 158 valence electrons. The summed E-state index contributed by atoms with van der Waals surface area (Å²) in [6.07, 6.45) is 4.43. The molecule has 2 aromatic rings. The summed E-state index contributed by atoms with van der Waals surface area (Å²) in [5, 5.41) is 0. The lowest BCUT2D eigenvalue weighted by Crippen LogP contribution is -2.46. The van der Waals surface area contributed by atoms with E-state index in [1.807, 2.05) is 66.7 Å². The number of nitrogens with zero attached hydrogens (tertiary/aromatic N) is 1. The molecule has 2 atom stereocenters. The molecule has 0 saturated heterocycles. The molecular formula is C25H29NO4. The van der Waals surface area contributed by atoms with Gasteiger partial charge in [0.15, 0.2) is 6.10 Å². The molecule has 0 spiro atoms. The van der Waals surface area contributed by atoms with Crippen molar-refractivity contribution < 1.29 is 19.1 Å². The lowest BCUT2D eigenvalue weighted by Gasteiger charge is -2.29. The maximum atomic E-state index is 13.6. The molecule has 5 nitrogen and oxygen atoms in total. The molecule has 30 heavy (non-hydrogen) atoms. The Morgan fingerprint density at radius 1 is 1.03 bits per heavy atom. The van der Waals surface area contributed by atoms with E-state index in [1.165, 1.54) is 0 Å². The van der Waals surface area contributed by atoms with Gasteiger partial charge in [-0.1, -0.05) is 72.8 Å². The normalized spacial score (nSPS) is 20.7. The molecule has 3 rings (SSSR count). The SMILES string of the molecule is CCOC(=O)[C@@H]1/C=C/CCCN(Cc2ccccc2)C(=O)[C@@H]1OCc1ccccc1. The van der Waals surface area contributed by atoms with Crippen LogP contribution in [-0.4, -0.2) is 36.0 Å². The van der Waals surface area contributed by atoms with Crippen LogP contribution in [0.15, 0.2) is 72.8 Å². The zero-order valence-electron chi connectivity index (χ0n) is 17.4. The third-order valence-electron chi connectivity index (χ3n) is 5.07. The van der Waals surface area contributed by atoms with Crippen LogP contribution in [-0.2, 0) is 32.2 Å². The molecule has 1 aliphatic heterocycles. The van der Waals surface area contributed by atoms with Crippen molar-refractivity contribution >= 4 is 11.9 Å². The lowest BCUT2D eigenvalue weighted by molar-refractivity contribution is -0.161. The summed E-state index contributed by atoms with van der Waals surface area (Å²) < 4.78 is 11.3. The van der Waals surface area contributed by atoms with Gasteiger partial charge in [0.25, 0.3) is 5.91 Å². The number of rotatable bonds is 7. The maximum absolute atomic E-state index is 13.6. The second-order valence-corrected chi connectivity index (χ2v) is 7.31. The summed E-state index contributed by atoms with van der Waals surface area (Å²) in [6.45, 7) is 3.37. The molecule has 0 fully saturated rings. The van der Waals surface area contributed by atoms with Crippen molar-refractivity contribution in [1.29, 1.82) is 0 Å². The monoisotopic (exact) mass is 407 g/mol. The maximum Gasteiger partial charge on any atom is 0.316 e. The van der Waals surface area contributed by atoms with Crippen LogP contribution >= 0.6 is 0 Å². The minimum Gasteiger partial charge on any atom is -0.465 e. The Hall–Kier alpha value is -2.92. The largest absolute Gasteiger partial charge is 0.465 e. The fourth-order valence-electron chi connectivity index (χ4n) is 3.52. The Labute approximate surface area is 178 Å². The molecule has 0 aromatic heterocycles. The Morgan fingerprint density at radius 2 is 1.70 bits per heavy atom. The summed E-state index contributed by atoms with van der Waals surface area (Å²) in [4.78, 5) is 28.0. The van der Waals surface area contributed by atoms with Crippen molar-refractivity contribution in [2.45, 2.75) is 39.0 Å². The van der Waals surface area contributed by atoms with Gasteiger partial charge < -0.3 is 14.4 Å². The second kappa shape index (κ2) is 11.3. The number of benzene rings is 2. The van der Waals surface area contributed by atoms with Gasteiger partial charge in [-0.15, -0.1) is 0 Å². The van der Waals surface area contributed by atoms with Gasteiger partial charge in [-0.3, -0.25) is 9.59 Å². The van der Waals surface area contributed by atoms with Crippen molar-refractivity contribution in [2.24, 2.45) is 5.92 Å². The number of esters is 1. The van der Waals surface area contributed by atoms with E-state index in [2.05, 4.69) is 0 Å². The van der Waals surface area contributed by atoms with Crippen LogP contribution in [0.4, 0.5) is 0 Å². The van der Waals surface area contributed by atoms with Gasteiger partial charge in [-0.25, -0.2) is 0 Å². The van der Waals surface area contributed by atoms with Gasteiger partial charge in [-0.2, -0.15) is 0 Å². The molecule has 1 amide bonds. The Balaban J connectivity index is 1.86. The number of amides is 1. The molecule has 5 heteroatoms. The summed E-state index contributed by atoms with van der Waals surface area (Å²) in [5.74, 6) is -1.38. The van der Waals surface area contributed by atoms with Crippen molar-refractivity contribution in [2.75, 3.05) is 13.2 Å². The molecule has 0 N–H and O–H groups in total. The molecule has 0 bridgehead atoms. The number of ether oxygens (including phenoxy) is 2. The second-order valence-electron chi connectivity index (χ2n) is 7.31. The first-order valence-corrected chi connectivity index (χ1v) is 10.5. The highest BCUT2D eigenvalue weighted by Crippen LogP contribution is 2.21. The van der Waals surface area contributed by atoms with Crippen LogP contribution in [0.5, 0.6) is 0 Å². The van der Waals surface area contributed by atoms with Gasteiger partial charge in [0.2, 0.25) is 0 Å². The van der Waals surface area contributed by atoms with Crippen LogP contribution in [0.2, 0.25) is 0 Å². The van der Waals surface area contributed by atoms with Crippen molar-refractivity contribution in [3.63, 3.8) is 0 Å². The average molecular weight is 408 g/mol. The van der Waals surface area contributed by atoms with Crippen LogP contribution in [0, 0.1) is 5.92 Å². The van der Waals surface area contributed by atoms with E-state index in [0.717, 1.165) is 24.0 Å². The van der Waals surface area contributed by atoms with Gasteiger partial charge in [0.1, 0.15) is 5.92 Å². The van der Waals surface area contributed by atoms with E-state index in [4.69, 9.17) is 9.47 Å². The number of hydrogen-bond donors (Lipinski definition) is 0. The highest BCUT2D eigenvalue weighted by Gasteiger charge is 2.37. The number of hydrogen-bond acceptors (Lipinski definition) is 4. The smallest absolute Gasteiger partial charge is 0.316 e. The van der Waals surface area contributed by atoms with Crippen LogP contribution in [0.25, 0.3) is 0 Å². The molecule has 1 aliphatic rings. The fourth-order valence-corrected chi connectivity index (χ4v) is 3.52. The Kier molecular flexibility index (Phi) is 8.21. The van der Waals surface area contributed by atoms with E-state index in [0.29, 0.717) is 13.1 Å². The Bertz CT molecular complexity index is 835. The minimum absolute atomic E-state index is 0.181. The van der Waals surface area contributed by atoms with Gasteiger partial charge >= 0.3 is 5.97 Å². The third-order valence-corrected chi connectivity index (χ3v) is 5.07. The van der Waals surface area contributed by atoms with E-state index in [9.17, 15) is 9.59 Å². The predicted octanol–water partition coefficient (Wildman–Crippen LogP) is 4.13. The highest BCUT2D eigenvalue weighted by molar-refractivity contribution is 5.88. The molecular weight excluding hydrogens is 378 g/mol. The molecule has 2 aromatic carbocycles. The van der Waals surface area contributed by atoms with Crippen molar-refractivity contribution in [3.05, 3.63) is 83.9 Å². The molecule has 0 aliphatic carbocycles. The summed E-state index contributed by atoms with van der Waals surface area (Å²) in [5.41, 5.74) is 2.00. The van der Waals surface area contributed by atoms with Gasteiger partial charge in [0.05, 0.1) is 13.2 Å². The first-order valence-electron chi connectivity index (χ1n) is 10.5. The summed E-state index contributed by atoms with van der Waals surface area (Å²) >= 11 is 0. The fraction of sp³-hybridized carbons (Fsp3) is 0.360. The zero-order valence-corrected chi connectivity index (χ0v) is 17.4. The van der Waals surface area contributed by atoms with Crippen LogP contribution < -0.4 is 0 Å². The molecule has 0 radical (unpaired) electrons. The van der Waals surface area contributed by atoms with E-state index in [-0.39, 0.29) is 19.1 Å². The molecule has 1 heterocycles. The van der Waals surface area contributed by atoms with E-state index in [1.54, 1.807) is 17.9 Å². The predicted molar refractivity (Wildman–Crippen MR) is 115 cm³/mol. The molecule has 0 unspecified atom stereocenters. The van der Waals surface area contributed by atoms with E-state index < -0.39 is 18.0 Å². The third kappa shape index (κ3) is 6.04. The average Bonchev–Trinajstić information content (AvgIpc) is 2.84. The number of carbonyl (C=O) groups is 2. The first kappa shape index (κ1) is 21.8. The molecule has 0 saturated carbocycles. The van der Waals surface area contributed by atoms with Gasteiger partial charge in [0, 0.05) is 13.1 Å². The first-order chi connectivity index (χ1) is 14.7. The summed E-state index contributed by atoms with van der Waals surface area (Å²) in [6, 6.07) is 19.5. The van der Waals surface area contributed by atoms with Crippen LogP contribution in [0.1, 0.15) is 30.9 Å². The minimum atomic E-state index is -0.928.